The van der Waals surface area contributed by atoms with Crippen molar-refractivity contribution in [1.82, 2.24) is 5.32 Å². The van der Waals surface area contributed by atoms with Gasteiger partial charge in [0.2, 0.25) is 0 Å². The molecule has 0 aliphatic heterocycles. The van der Waals surface area contributed by atoms with Crippen LogP contribution >= 0.6 is 0 Å². The van der Waals surface area contributed by atoms with Crippen molar-refractivity contribution >= 4 is 5.69 Å². The Morgan fingerprint density at radius 1 is 1.57 bits per heavy atom. The third-order valence-corrected chi connectivity index (χ3v) is 1.97. The first-order chi connectivity index (χ1) is 6.69. The third-order valence-electron chi connectivity index (χ3n) is 1.97. The van der Waals surface area contributed by atoms with E-state index in [2.05, 4.69) is 5.32 Å². The molecule has 0 amide bonds. The van der Waals surface area contributed by atoms with E-state index in [0.29, 0.717) is 6.42 Å². The largest absolute Gasteiger partial charge is 0.395 e. The maximum atomic E-state index is 13.2. The molecule has 3 nitrogen and oxygen atoms in total. The van der Waals surface area contributed by atoms with Gasteiger partial charge in [-0.25, -0.2) is 4.39 Å². The Labute approximate surface area is 82.3 Å². The lowest BCUT2D eigenvalue weighted by atomic mass is 10.1. The van der Waals surface area contributed by atoms with E-state index in [1.807, 2.05) is 13.1 Å². The molecular weight excluding hydrogens is 181 g/mol. The number of halogens is 1. The topological polar surface area (TPSA) is 61.8 Å². The van der Waals surface area contributed by atoms with Crippen molar-refractivity contribution in [2.24, 2.45) is 0 Å². The van der Waals surface area contributed by atoms with Crippen molar-refractivity contribution in [3.05, 3.63) is 29.1 Å². The highest BCUT2D eigenvalue weighted by Crippen LogP contribution is 2.18. The third kappa shape index (κ3) is 2.21. The highest BCUT2D eigenvalue weighted by Gasteiger charge is 2.06. The second-order valence-electron chi connectivity index (χ2n) is 3.00. The van der Waals surface area contributed by atoms with Crippen LogP contribution in [0.4, 0.5) is 10.1 Å². The minimum atomic E-state index is -0.518. The van der Waals surface area contributed by atoms with Crippen LogP contribution < -0.4 is 11.1 Å². The minimum Gasteiger partial charge on any atom is -0.395 e. The fourth-order valence-electron chi connectivity index (χ4n) is 1.18. The lowest BCUT2D eigenvalue weighted by molar-refractivity contribution is 0.628. The fraction of sp³-hybridized carbons (Fsp3) is 0.300. The predicted molar refractivity (Wildman–Crippen MR) is 53.2 cm³/mol. The van der Waals surface area contributed by atoms with E-state index in [1.54, 1.807) is 6.07 Å². The van der Waals surface area contributed by atoms with Gasteiger partial charge in [0, 0.05) is 0 Å². The van der Waals surface area contributed by atoms with Gasteiger partial charge in [0.15, 0.2) is 0 Å². The molecule has 0 unspecified atom stereocenters. The number of nitrogen functional groups attached to an aromatic ring is 1. The second-order valence-corrected chi connectivity index (χ2v) is 3.00. The zero-order valence-corrected chi connectivity index (χ0v) is 7.97. The highest BCUT2D eigenvalue weighted by atomic mass is 19.1. The fourth-order valence-corrected chi connectivity index (χ4v) is 1.18. The Morgan fingerprint density at radius 2 is 2.29 bits per heavy atom. The molecular formula is C10H12FN3. The molecule has 0 radical (unpaired) electrons. The van der Waals surface area contributed by atoms with Crippen LogP contribution in [-0.2, 0) is 6.42 Å². The van der Waals surface area contributed by atoms with E-state index in [-0.39, 0.29) is 11.3 Å². The van der Waals surface area contributed by atoms with Gasteiger partial charge >= 0.3 is 0 Å². The molecule has 1 rings (SSSR count). The first-order valence-electron chi connectivity index (χ1n) is 4.31. The summed E-state index contributed by atoms with van der Waals surface area (Å²) < 4.78 is 13.2. The Balaban J connectivity index is 2.99. The van der Waals surface area contributed by atoms with Gasteiger partial charge in [-0.15, -0.1) is 0 Å². The molecule has 0 spiro atoms. The zero-order valence-electron chi connectivity index (χ0n) is 7.97. The standard InChI is InChI=1S/C10H12FN3/c1-14-3-2-7-4-8(6-12)10(13)9(11)5-7/h4-5,14H,2-3,13H2,1H3. The SMILES string of the molecule is CNCCc1cc(F)c(N)c(C#N)c1. The van der Waals surface area contributed by atoms with Crippen LogP contribution in [0.25, 0.3) is 0 Å². The van der Waals surface area contributed by atoms with Crippen LogP contribution in [0.3, 0.4) is 0 Å². The summed E-state index contributed by atoms with van der Waals surface area (Å²) in [6.07, 6.45) is 0.683. The van der Waals surface area contributed by atoms with Crippen molar-refractivity contribution in [2.75, 3.05) is 19.3 Å². The Morgan fingerprint density at radius 3 is 2.86 bits per heavy atom. The van der Waals surface area contributed by atoms with Crippen molar-refractivity contribution in [3.63, 3.8) is 0 Å². The molecule has 0 aromatic heterocycles. The molecule has 0 saturated carbocycles. The Kier molecular flexibility index (Phi) is 3.43. The molecule has 0 aliphatic carbocycles. The van der Waals surface area contributed by atoms with Gasteiger partial charge < -0.3 is 11.1 Å². The number of anilines is 1. The number of nitrogens with zero attached hydrogens (tertiary/aromatic N) is 1. The smallest absolute Gasteiger partial charge is 0.147 e. The summed E-state index contributed by atoms with van der Waals surface area (Å²) in [5.41, 5.74) is 6.29. The molecule has 1 aromatic carbocycles. The quantitative estimate of drug-likeness (QED) is 0.705. The van der Waals surface area contributed by atoms with E-state index < -0.39 is 5.82 Å². The summed E-state index contributed by atoms with van der Waals surface area (Å²) in [6.45, 7) is 0.744. The number of nitrogens with two attached hydrogens (primary N) is 1. The summed E-state index contributed by atoms with van der Waals surface area (Å²) in [5.74, 6) is -0.518. The van der Waals surface area contributed by atoms with Crippen LogP contribution in [0, 0.1) is 17.1 Å². The van der Waals surface area contributed by atoms with Gasteiger partial charge in [0.25, 0.3) is 0 Å². The number of hydrogen-bond acceptors (Lipinski definition) is 3. The number of nitriles is 1. The zero-order chi connectivity index (χ0) is 10.6. The maximum Gasteiger partial charge on any atom is 0.147 e. The van der Waals surface area contributed by atoms with Crippen molar-refractivity contribution < 1.29 is 4.39 Å². The Bertz CT molecular complexity index is 368. The molecule has 14 heavy (non-hydrogen) atoms. The summed E-state index contributed by atoms with van der Waals surface area (Å²) in [5, 5.41) is 11.6. The lowest BCUT2D eigenvalue weighted by Crippen LogP contribution is -2.11. The first kappa shape index (κ1) is 10.5. The minimum absolute atomic E-state index is 0.0688. The average Bonchev–Trinajstić information content (AvgIpc) is 2.19. The number of benzene rings is 1. The highest BCUT2D eigenvalue weighted by molar-refractivity contribution is 5.56. The molecule has 0 aliphatic rings. The number of nitrogens with one attached hydrogen (secondary N) is 1. The molecule has 0 bridgehead atoms. The van der Waals surface area contributed by atoms with Crippen LogP contribution in [0.5, 0.6) is 0 Å². The van der Waals surface area contributed by atoms with Crippen molar-refractivity contribution in [3.8, 4) is 6.07 Å². The van der Waals surface area contributed by atoms with Crippen molar-refractivity contribution in [1.29, 1.82) is 5.26 Å². The van der Waals surface area contributed by atoms with E-state index in [0.717, 1.165) is 12.1 Å². The van der Waals surface area contributed by atoms with E-state index in [9.17, 15) is 4.39 Å². The van der Waals surface area contributed by atoms with Gasteiger partial charge in [-0.3, -0.25) is 0 Å². The van der Waals surface area contributed by atoms with Crippen LogP contribution in [0.2, 0.25) is 0 Å². The Hall–Kier alpha value is -1.60. The van der Waals surface area contributed by atoms with Gasteiger partial charge in [-0.1, -0.05) is 0 Å². The van der Waals surface area contributed by atoms with Crippen molar-refractivity contribution in [2.45, 2.75) is 6.42 Å². The van der Waals surface area contributed by atoms with Crippen LogP contribution in [0.15, 0.2) is 12.1 Å². The average molecular weight is 193 g/mol. The van der Waals surface area contributed by atoms with Crippen LogP contribution in [-0.4, -0.2) is 13.6 Å². The first-order valence-corrected chi connectivity index (χ1v) is 4.31. The van der Waals surface area contributed by atoms with Gasteiger partial charge in [0.1, 0.15) is 11.9 Å². The predicted octanol–water partition coefficient (Wildman–Crippen LogP) is 1.04. The van der Waals surface area contributed by atoms with Gasteiger partial charge in [0.05, 0.1) is 11.3 Å². The molecule has 74 valence electrons. The van der Waals surface area contributed by atoms with E-state index in [4.69, 9.17) is 11.0 Å². The maximum absolute atomic E-state index is 13.2. The number of likely N-dealkylation sites (N-methyl/N-ethyl adjacent to an activating group) is 1. The lowest BCUT2D eigenvalue weighted by Gasteiger charge is -2.04. The van der Waals surface area contributed by atoms with E-state index >= 15 is 0 Å². The summed E-state index contributed by atoms with van der Waals surface area (Å²) in [6, 6.07) is 4.86. The molecule has 0 saturated heterocycles. The van der Waals surface area contributed by atoms with Gasteiger partial charge in [-0.2, -0.15) is 5.26 Å². The van der Waals surface area contributed by atoms with Gasteiger partial charge in [-0.05, 0) is 37.7 Å². The van der Waals surface area contributed by atoms with Crippen LogP contribution in [0.1, 0.15) is 11.1 Å². The summed E-state index contributed by atoms with van der Waals surface area (Å²) in [7, 11) is 1.82. The normalized spacial score (nSPS) is 9.79. The molecule has 0 atom stereocenters. The van der Waals surface area contributed by atoms with E-state index in [1.165, 1.54) is 6.07 Å². The molecule has 0 heterocycles. The molecule has 3 N–H and O–H groups in total. The number of hydrogen-bond donors (Lipinski definition) is 2. The second kappa shape index (κ2) is 4.58. The molecule has 0 fully saturated rings. The summed E-state index contributed by atoms with van der Waals surface area (Å²) >= 11 is 0. The molecule has 1 aromatic rings. The number of rotatable bonds is 3. The molecule has 4 heteroatoms. The summed E-state index contributed by atoms with van der Waals surface area (Å²) in [4.78, 5) is 0. The monoisotopic (exact) mass is 193 g/mol.